The van der Waals surface area contributed by atoms with Crippen LogP contribution in [0.15, 0.2) is 115 Å². The molecular weight excluding hydrogens is 973 g/mol. The Balaban J connectivity index is 0.000000183. The summed E-state index contributed by atoms with van der Waals surface area (Å²) in [5, 5.41) is 34.1. The van der Waals surface area contributed by atoms with Crippen LogP contribution in [-0.4, -0.2) is 108 Å². The molecule has 73 heavy (non-hydrogen) atoms. The lowest BCUT2D eigenvalue weighted by molar-refractivity contribution is -0.228. The fourth-order valence-electron chi connectivity index (χ4n) is 14.4. The highest BCUT2D eigenvalue weighted by molar-refractivity contribution is 8.00. The lowest BCUT2D eigenvalue weighted by Crippen LogP contribution is -2.70. The predicted molar refractivity (Wildman–Crippen MR) is 295 cm³/mol. The summed E-state index contributed by atoms with van der Waals surface area (Å²) in [7, 11) is -2.95. The van der Waals surface area contributed by atoms with Crippen LogP contribution in [0.25, 0.3) is 0 Å². The maximum Gasteiger partial charge on any atom is 0.316 e. The molecule has 10 rings (SSSR count). The standard InChI is InChI=1S/C35H40O4Si.C20H30O4S.C5H10O2S/c1-26-24-31(36)30-18-11-19-34(20-21-35(33(30)34)37-22-23-38-35)25-32(26)39-40(27-12-5-2-6-13-27,28-14-7-3-8-15-28)29-16-9-4-10-17-29;1-3-9-25-12-18(23)24-17-10-13(2)16(22)11-20-7-4-5-14(17)19(20)15(21)6-8-20;1-2-3-8-4-5(6)7/h2-10,12-17,30-33,36H,1,11,18-25H2;14,16-17,19,22H,2-12H2,1H3;2-4H2,1H3,(H,6,7)/t30?,31-,32+,33?,34?;14?,16-,17+,19?,20?;/m10./s1. The number of hydrogen-bond acceptors (Lipinski definition) is 11. The summed E-state index contributed by atoms with van der Waals surface area (Å²) in [5.41, 5.74) is 1.67. The van der Waals surface area contributed by atoms with Gasteiger partial charge in [0.25, 0.3) is 8.32 Å². The van der Waals surface area contributed by atoms with Gasteiger partial charge in [-0.15, -0.1) is 0 Å². The molecule has 13 heteroatoms. The first-order valence-electron chi connectivity index (χ1n) is 27.2. The molecule has 1 aliphatic heterocycles. The Morgan fingerprint density at radius 2 is 1.27 bits per heavy atom. The summed E-state index contributed by atoms with van der Waals surface area (Å²) in [6.45, 7) is 14.1. The zero-order valence-corrected chi connectivity index (χ0v) is 45.9. The number of carboxylic acids is 1. The quantitative estimate of drug-likeness (QED) is 0.0465. The number of carboxylic acid groups (broad SMARTS) is 1. The summed E-state index contributed by atoms with van der Waals surface area (Å²) in [6, 6.07) is 32.4. The van der Waals surface area contributed by atoms with Gasteiger partial charge in [0.05, 0.1) is 43.0 Å². The van der Waals surface area contributed by atoms with E-state index in [0.717, 1.165) is 99.7 Å². The number of benzene rings is 3. The van der Waals surface area contributed by atoms with Crippen molar-refractivity contribution in [1.82, 2.24) is 0 Å². The minimum Gasteiger partial charge on any atom is -0.481 e. The highest BCUT2D eigenvalue weighted by Crippen LogP contribution is 2.65. The van der Waals surface area contributed by atoms with E-state index in [1.165, 1.54) is 27.3 Å². The van der Waals surface area contributed by atoms with Gasteiger partial charge in [-0.3, -0.25) is 14.4 Å². The lowest BCUT2D eigenvalue weighted by atomic mass is 9.56. The van der Waals surface area contributed by atoms with Crippen molar-refractivity contribution in [1.29, 1.82) is 0 Å². The zero-order chi connectivity index (χ0) is 51.6. The van der Waals surface area contributed by atoms with Crippen molar-refractivity contribution in [3.05, 3.63) is 115 Å². The van der Waals surface area contributed by atoms with Crippen LogP contribution in [0, 0.1) is 34.5 Å². The van der Waals surface area contributed by atoms with Gasteiger partial charge < -0.3 is 34.0 Å². The van der Waals surface area contributed by atoms with Crippen LogP contribution in [0.1, 0.15) is 117 Å². The van der Waals surface area contributed by atoms with E-state index >= 15 is 0 Å². The summed E-state index contributed by atoms with van der Waals surface area (Å²) in [4.78, 5) is 34.8. The molecule has 3 N–H and O–H groups in total. The molecule has 6 unspecified atom stereocenters. The minimum atomic E-state index is -2.95. The van der Waals surface area contributed by atoms with E-state index in [1.54, 1.807) is 11.8 Å². The van der Waals surface area contributed by atoms with Gasteiger partial charge in [0.2, 0.25) is 0 Å². The van der Waals surface area contributed by atoms with E-state index in [2.05, 4.69) is 111 Å². The largest absolute Gasteiger partial charge is 0.481 e. The molecule has 3 aromatic carbocycles. The first-order valence-corrected chi connectivity index (χ1v) is 31.5. The highest BCUT2D eigenvalue weighted by Gasteiger charge is 2.66. The SMILES string of the molecule is C=C1C[C@@H](O)C2CCCC3(CCC4(OCCO4)C23)C[C@@H]1O[Si](c1ccccc1)(c1ccccc1)c1ccccc1.C=C1C[C@@H](OC(=O)CSCCC)C2CCCC3(CCC(=O)C23)C[C@@H]1O.CCCSCC(=O)O. The van der Waals surface area contributed by atoms with Gasteiger partial charge in [-0.05, 0) is 126 Å². The highest BCUT2D eigenvalue weighted by atomic mass is 32.2. The van der Waals surface area contributed by atoms with Crippen molar-refractivity contribution < 1.29 is 48.3 Å². The topological polar surface area (TPSA) is 149 Å². The number of esters is 1. The van der Waals surface area contributed by atoms with Crippen molar-refractivity contribution in [3.63, 3.8) is 0 Å². The smallest absolute Gasteiger partial charge is 0.316 e. The van der Waals surface area contributed by atoms with Gasteiger partial charge in [0.15, 0.2) is 5.79 Å². The van der Waals surface area contributed by atoms with Crippen LogP contribution >= 0.6 is 23.5 Å². The van der Waals surface area contributed by atoms with Crippen LogP contribution in [0.2, 0.25) is 0 Å². The van der Waals surface area contributed by atoms with E-state index < -0.39 is 32.3 Å². The number of ether oxygens (including phenoxy) is 3. The molecule has 6 saturated carbocycles. The normalized spacial score (nSPS) is 31.3. The summed E-state index contributed by atoms with van der Waals surface area (Å²) >= 11 is 3.05. The monoisotopic (exact) mass is 1050 g/mol. The molecule has 10 atom stereocenters. The number of carbonyl (C=O) groups is 3. The Labute approximate surface area is 444 Å². The molecule has 3 aromatic rings. The van der Waals surface area contributed by atoms with Crippen molar-refractivity contribution in [2.45, 2.75) is 147 Å². The van der Waals surface area contributed by atoms with Gasteiger partial charge >= 0.3 is 11.9 Å². The van der Waals surface area contributed by atoms with Gasteiger partial charge in [-0.2, -0.15) is 23.5 Å². The van der Waals surface area contributed by atoms with Gasteiger partial charge in [0, 0.05) is 37.0 Å². The van der Waals surface area contributed by atoms with E-state index in [4.69, 9.17) is 23.7 Å². The number of carbonyl (C=O) groups excluding carboxylic acids is 2. The molecule has 396 valence electrons. The molecule has 1 spiro atoms. The third kappa shape index (κ3) is 12.2. The third-order valence-corrected chi connectivity index (χ3v) is 23.7. The number of rotatable bonds is 14. The Kier molecular flexibility index (Phi) is 19.1. The van der Waals surface area contributed by atoms with E-state index in [1.807, 2.05) is 6.92 Å². The second kappa shape index (κ2) is 25.1. The lowest BCUT2D eigenvalue weighted by Gasteiger charge is -2.53. The van der Waals surface area contributed by atoms with E-state index in [9.17, 15) is 24.6 Å². The fourth-order valence-corrected chi connectivity index (χ4v) is 19.7. The average Bonchev–Trinajstić information content (AvgIpc) is 4.11. The number of aliphatic hydroxyl groups is 2. The number of hydrogen-bond donors (Lipinski definition) is 3. The molecular formula is C60H80O10S2Si. The molecule has 10 nitrogen and oxygen atoms in total. The van der Waals surface area contributed by atoms with Crippen LogP contribution < -0.4 is 15.6 Å². The van der Waals surface area contributed by atoms with E-state index in [-0.39, 0.29) is 58.4 Å². The summed E-state index contributed by atoms with van der Waals surface area (Å²) < 4.78 is 26.4. The van der Waals surface area contributed by atoms with Crippen molar-refractivity contribution >= 4 is 65.1 Å². The van der Waals surface area contributed by atoms with Gasteiger partial charge in [-0.1, -0.05) is 131 Å². The summed E-state index contributed by atoms with van der Waals surface area (Å²) in [5.74, 6) is 1.73. The number of aliphatic hydroxyl groups excluding tert-OH is 2. The van der Waals surface area contributed by atoms with Gasteiger partial charge in [0.1, 0.15) is 11.9 Å². The summed E-state index contributed by atoms with van der Waals surface area (Å²) in [6.07, 6.45) is 12.8. The number of Topliss-reactive ketones (excluding diaryl/α,β-unsaturated/α-hetero) is 1. The Morgan fingerprint density at radius 1 is 0.712 bits per heavy atom. The van der Waals surface area contributed by atoms with Crippen molar-refractivity contribution in [3.8, 4) is 0 Å². The molecule has 1 saturated heterocycles. The molecule has 7 fully saturated rings. The van der Waals surface area contributed by atoms with Crippen molar-refractivity contribution in [2.24, 2.45) is 34.5 Å². The number of aliphatic carboxylic acids is 1. The van der Waals surface area contributed by atoms with E-state index in [0.29, 0.717) is 50.4 Å². The van der Waals surface area contributed by atoms with Gasteiger partial charge in [-0.25, -0.2) is 0 Å². The maximum absolute atomic E-state index is 12.7. The average molecular weight is 1050 g/mol. The maximum atomic E-state index is 12.7. The van der Waals surface area contributed by atoms with Crippen LogP contribution in [0.4, 0.5) is 0 Å². The number of ketones is 1. The van der Waals surface area contributed by atoms with Crippen LogP contribution in [-0.2, 0) is 33.0 Å². The molecule has 7 aliphatic rings. The first kappa shape index (κ1) is 55.7. The molecule has 6 aliphatic carbocycles. The van der Waals surface area contributed by atoms with Crippen LogP contribution in [0.5, 0.6) is 0 Å². The minimum absolute atomic E-state index is 0.00642. The molecule has 4 bridgehead atoms. The van der Waals surface area contributed by atoms with Crippen LogP contribution in [0.3, 0.4) is 0 Å². The zero-order valence-electron chi connectivity index (χ0n) is 43.3. The molecule has 0 radical (unpaired) electrons. The third-order valence-electron chi connectivity index (χ3n) is 17.3. The fraction of sp³-hybridized carbons (Fsp3) is 0.583. The molecule has 0 aromatic heterocycles. The Bertz CT molecular complexity index is 2230. The predicted octanol–water partition coefficient (Wildman–Crippen LogP) is 9.42. The first-order chi connectivity index (χ1) is 35.3. The molecule has 1 heterocycles. The Hall–Kier alpha value is -3.53. The second-order valence-electron chi connectivity index (χ2n) is 21.9. The molecule has 0 amide bonds. The second-order valence-corrected chi connectivity index (χ2v) is 27.4. The number of thioether (sulfide) groups is 2. The van der Waals surface area contributed by atoms with Crippen molar-refractivity contribution in [2.75, 3.05) is 36.2 Å². The Morgan fingerprint density at radius 3 is 1.85 bits per heavy atom.